The number of fused-ring (bicyclic) bond motifs is 1. The van der Waals surface area contributed by atoms with Gasteiger partial charge in [0.05, 0.1) is 23.6 Å². The van der Waals surface area contributed by atoms with Crippen LogP contribution in [0, 0.1) is 0 Å². The minimum atomic E-state index is -3.26. The molecule has 2 fully saturated rings. The topological polar surface area (TPSA) is 84.0 Å². The fourth-order valence-corrected chi connectivity index (χ4v) is 4.99. The molecule has 22 heavy (non-hydrogen) atoms. The molecule has 8 heteroatoms. The summed E-state index contributed by atoms with van der Waals surface area (Å²) in [6.07, 6.45) is -0.182. The van der Waals surface area contributed by atoms with Gasteiger partial charge in [0.25, 0.3) is 0 Å². The average molecular weight is 332 g/mol. The average Bonchev–Trinajstić information content (AvgIpc) is 2.69. The molecular formula is C14H24N2O5S. The van der Waals surface area contributed by atoms with Gasteiger partial charge in [-0.1, -0.05) is 6.92 Å². The van der Waals surface area contributed by atoms with E-state index in [9.17, 15) is 18.0 Å². The molecule has 0 aromatic heterocycles. The molecule has 0 unspecified atom stereocenters. The number of ether oxygens (including phenoxy) is 1. The number of piperazine rings is 1. The third-order valence-corrected chi connectivity index (χ3v) is 5.63. The van der Waals surface area contributed by atoms with Crippen molar-refractivity contribution in [2.75, 3.05) is 24.6 Å². The van der Waals surface area contributed by atoms with Crippen molar-refractivity contribution in [3.63, 3.8) is 0 Å². The van der Waals surface area contributed by atoms with Gasteiger partial charge in [0.1, 0.15) is 5.60 Å². The van der Waals surface area contributed by atoms with E-state index in [2.05, 4.69) is 0 Å². The Labute approximate surface area is 131 Å². The maximum absolute atomic E-state index is 12.3. The molecule has 7 nitrogen and oxygen atoms in total. The Bertz CT molecular complexity index is 566. The molecule has 0 aromatic rings. The van der Waals surface area contributed by atoms with Crippen molar-refractivity contribution in [3.05, 3.63) is 0 Å². The lowest BCUT2D eigenvalue weighted by molar-refractivity contribution is -0.136. The van der Waals surface area contributed by atoms with E-state index in [0.717, 1.165) is 0 Å². The van der Waals surface area contributed by atoms with Crippen molar-refractivity contribution in [2.45, 2.75) is 51.8 Å². The molecule has 0 saturated carbocycles. The first-order chi connectivity index (χ1) is 10.0. The Morgan fingerprint density at radius 2 is 1.59 bits per heavy atom. The van der Waals surface area contributed by atoms with Crippen LogP contribution in [0.2, 0.25) is 0 Å². The highest BCUT2D eigenvalue weighted by molar-refractivity contribution is 7.91. The Hall–Kier alpha value is -1.31. The molecule has 2 saturated heterocycles. The Balaban J connectivity index is 2.23. The van der Waals surface area contributed by atoms with Crippen molar-refractivity contribution >= 4 is 21.8 Å². The van der Waals surface area contributed by atoms with E-state index in [-0.39, 0.29) is 17.4 Å². The fourth-order valence-electron chi connectivity index (χ4n) is 3.01. The zero-order valence-electron chi connectivity index (χ0n) is 13.5. The van der Waals surface area contributed by atoms with Crippen LogP contribution in [-0.4, -0.2) is 72.5 Å². The van der Waals surface area contributed by atoms with Gasteiger partial charge in [-0.3, -0.25) is 4.79 Å². The lowest BCUT2D eigenvalue weighted by Crippen LogP contribution is -2.62. The van der Waals surface area contributed by atoms with Gasteiger partial charge in [-0.25, -0.2) is 13.2 Å². The highest BCUT2D eigenvalue weighted by atomic mass is 32.2. The summed E-state index contributed by atoms with van der Waals surface area (Å²) in [5, 5.41) is 0. The number of sulfone groups is 1. The van der Waals surface area contributed by atoms with Gasteiger partial charge in [-0.05, 0) is 20.8 Å². The van der Waals surface area contributed by atoms with Gasteiger partial charge in [0, 0.05) is 19.5 Å². The second-order valence-corrected chi connectivity index (χ2v) is 8.98. The number of amides is 2. The molecule has 0 aliphatic carbocycles. The van der Waals surface area contributed by atoms with Crippen molar-refractivity contribution in [2.24, 2.45) is 0 Å². The maximum atomic E-state index is 12.3. The monoisotopic (exact) mass is 332 g/mol. The van der Waals surface area contributed by atoms with Crippen molar-refractivity contribution in [3.8, 4) is 0 Å². The number of rotatable bonds is 1. The minimum absolute atomic E-state index is 0.0732. The van der Waals surface area contributed by atoms with Crippen molar-refractivity contribution < 1.29 is 22.7 Å². The van der Waals surface area contributed by atoms with Gasteiger partial charge in [-0.15, -0.1) is 0 Å². The van der Waals surface area contributed by atoms with E-state index >= 15 is 0 Å². The molecule has 2 aliphatic heterocycles. The first-order valence-electron chi connectivity index (χ1n) is 7.53. The summed E-state index contributed by atoms with van der Waals surface area (Å²) in [6.45, 7) is 7.71. The standard InChI is InChI=1S/C14H24N2O5S/c1-5-12(17)15-6-7-16(13(18)21-14(2,3)4)11-9-22(19,20)8-10(11)15/h10-11H,5-9H2,1-4H3/t10-,11+/m0/s1. The Morgan fingerprint density at radius 3 is 2.09 bits per heavy atom. The van der Waals surface area contributed by atoms with Crippen LogP contribution >= 0.6 is 0 Å². The van der Waals surface area contributed by atoms with Crippen molar-refractivity contribution in [1.29, 1.82) is 0 Å². The van der Waals surface area contributed by atoms with Crippen LogP contribution in [0.25, 0.3) is 0 Å². The second-order valence-electron chi connectivity index (χ2n) is 6.83. The summed E-state index contributed by atoms with van der Waals surface area (Å²) in [6, 6.07) is -0.970. The third kappa shape index (κ3) is 3.53. The van der Waals surface area contributed by atoms with E-state index in [1.165, 1.54) is 4.90 Å². The van der Waals surface area contributed by atoms with Gasteiger partial charge in [0.2, 0.25) is 5.91 Å². The first-order valence-corrected chi connectivity index (χ1v) is 9.36. The normalized spacial score (nSPS) is 27.5. The molecule has 0 N–H and O–H groups in total. The number of hydrogen-bond acceptors (Lipinski definition) is 5. The zero-order valence-corrected chi connectivity index (χ0v) is 14.4. The van der Waals surface area contributed by atoms with Gasteiger partial charge >= 0.3 is 6.09 Å². The highest BCUT2D eigenvalue weighted by Crippen LogP contribution is 2.28. The van der Waals surface area contributed by atoms with E-state index in [0.29, 0.717) is 19.5 Å². The number of nitrogens with zero attached hydrogens (tertiary/aromatic N) is 2. The molecule has 2 amide bonds. The van der Waals surface area contributed by atoms with E-state index < -0.39 is 33.6 Å². The van der Waals surface area contributed by atoms with E-state index in [1.54, 1.807) is 32.6 Å². The van der Waals surface area contributed by atoms with Crippen LogP contribution in [0.15, 0.2) is 0 Å². The number of carbonyl (C=O) groups excluding carboxylic acids is 2. The minimum Gasteiger partial charge on any atom is -0.444 e. The molecular weight excluding hydrogens is 308 g/mol. The lowest BCUT2D eigenvalue weighted by Gasteiger charge is -2.43. The Morgan fingerprint density at radius 1 is 1.09 bits per heavy atom. The van der Waals surface area contributed by atoms with Gasteiger partial charge in [0.15, 0.2) is 9.84 Å². The third-order valence-electron chi connectivity index (χ3n) is 3.93. The van der Waals surface area contributed by atoms with Gasteiger partial charge in [-0.2, -0.15) is 0 Å². The molecule has 2 atom stereocenters. The van der Waals surface area contributed by atoms with Crippen LogP contribution < -0.4 is 0 Å². The predicted molar refractivity (Wildman–Crippen MR) is 81.2 cm³/mol. The van der Waals surface area contributed by atoms with Crippen LogP contribution in [0.4, 0.5) is 4.79 Å². The van der Waals surface area contributed by atoms with Gasteiger partial charge < -0.3 is 14.5 Å². The van der Waals surface area contributed by atoms with E-state index in [4.69, 9.17) is 4.74 Å². The summed E-state index contributed by atoms with van der Waals surface area (Å²) in [7, 11) is -3.26. The second kappa shape index (κ2) is 5.72. The molecule has 0 bridgehead atoms. The van der Waals surface area contributed by atoms with Crippen molar-refractivity contribution in [1.82, 2.24) is 9.80 Å². The molecule has 0 spiro atoms. The summed E-state index contributed by atoms with van der Waals surface area (Å²) >= 11 is 0. The van der Waals surface area contributed by atoms with E-state index in [1.807, 2.05) is 0 Å². The first kappa shape index (κ1) is 17.1. The Kier molecular flexibility index (Phi) is 4.43. The SMILES string of the molecule is CCC(=O)N1CCN(C(=O)OC(C)(C)C)[C@@H]2CS(=O)(=O)C[C@@H]21. The maximum Gasteiger partial charge on any atom is 0.410 e. The zero-order chi connectivity index (χ0) is 16.7. The fraction of sp³-hybridized carbons (Fsp3) is 0.857. The lowest BCUT2D eigenvalue weighted by atomic mass is 10.0. The summed E-state index contributed by atoms with van der Waals surface area (Å²) in [5.74, 6) is -0.261. The molecule has 2 heterocycles. The van der Waals surface area contributed by atoms with Crippen LogP contribution in [0.1, 0.15) is 34.1 Å². The molecule has 0 aromatic carbocycles. The summed E-state index contributed by atoms with van der Waals surface area (Å²) in [5.41, 5.74) is -0.638. The smallest absolute Gasteiger partial charge is 0.410 e. The molecule has 0 radical (unpaired) electrons. The van der Waals surface area contributed by atoms with Crippen LogP contribution in [-0.2, 0) is 19.4 Å². The van der Waals surface area contributed by atoms with Crippen LogP contribution in [0.3, 0.4) is 0 Å². The number of hydrogen-bond donors (Lipinski definition) is 0. The van der Waals surface area contributed by atoms with Crippen LogP contribution in [0.5, 0.6) is 0 Å². The largest absolute Gasteiger partial charge is 0.444 e. The summed E-state index contributed by atoms with van der Waals surface area (Å²) in [4.78, 5) is 27.4. The highest BCUT2D eigenvalue weighted by Gasteiger charge is 2.49. The molecule has 2 aliphatic rings. The quantitative estimate of drug-likeness (QED) is 0.704. The molecule has 126 valence electrons. The summed E-state index contributed by atoms with van der Waals surface area (Å²) < 4.78 is 29.3. The predicted octanol–water partition coefficient (Wildman–Crippen LogP) is 0.641. The number of carbonyl (C=O) groups is 2. The molecule has 2 rings (SSSR count).